The van der Waals surface area contributed by atoms with Gasteiger partial charge in [-0.15, -0.1) is 0 Å². The number of aromatic nitrogens is 7. The molecule has 6 rings (SSSR count). The standard InChI is InChI=1S/C22H21F3N10O2/c23-22(24,25)14-2-1-5-26-17(14)33-6-8-34(9-7-33)19-30-16-12(10-15-18(36)31-21(37)29-15)11-27-35(16)20(32-19)28-13-3-4-13/h1-2,5,10-11,13,36H,3-4,6-9H2,(H2,29,31,37). The number of aromatic hydroxyl groups is 1. The number of halogens is 3. The van der Waals surface area contributed by atoms with E-state index in [0.717, 1.165) is 18.9 Å². The van der Waals surface area contributed by atoms with E-state index in [2.05, 4.69) is 35.0 Å². The Morgan fingerprint density at radius 2 is 1.86 bits per heavy atom. The lowest BCUT2D eigenvalue weighted by Crippen LogP contribution is -2.48. The molecule has 4 aromatic heterocycles. The Bertz CT molecular complexity index is 1650. The van der Waals surface area contributed by atoms with Gasteiger partial charge in [0.25, 0.3) is 5.62 Å². The Hall–Kier alpha value is -4.43. The molecular formula is C22H21F3N10O2. The number of aromatic amines is 2. The average molecular weight is 514 g/mol. The number of hydrogen-bond acceptors (Lipinski definition) is 9. The number of imidazole rings is 1. The zero-order chi connectivity index (χ0) is 25.7. The molecule has 0 aromatic carbocycles. The number of nitrogens with one attached hydrogen (secondary N) is 2. The zero-order valence-electron chi connectivity index (χ0n) is 19.3. The average Bonchev–Trinajstić information content (AvgIpc) is 3.51. The molecule has 0 bridgehead atoms. The van der Waals surface area contributed by atoms with Crippen LogP contribution in [0.25, 0.3) is 11.7 Å². The van der Waals surface area contributed by atoms with Gasteiger partial charge < -0.3 is 19.9 Å². The maximum atomic E-state index is 13.5. The van der Waals surface area contributed by atoms with Crippen LogP contribution in [0.15, 0.2) is 34.3 Å². The third-order valence-electron chi connectivity index (χ3n) is 6.20. The summed E-state index contributed by atoms with van der Waals surface area (Å²) >= 11 is 0. The molecule has 2 aliphatic rings. The fourth-order valence-corrected chi connectivity index (χ4v) is 4.20. The Balaban J connectivity index is 1.35. The van der Waals surface area contributed by atoms with Crippen LogP contribution in [0.1, 0.15) is 24.1 Å². The van der Waals surface area contributed by atoms with Crippen LogP contribution in [0.5, 0.6) is 5.88 Å². The number of anilines is 2. The second-order valence-corrected chi connectivity index (χ2v) is 8.85. The largest absolute Gasteiger partial charge is 0.493 e. The van der Waals surface area contributed by atoms with Gasteiger partial charge in [-0.25, -0.2) is 14.8 Å². The molecule has 1 aliphatic carbocycles. The Morgan fingerprint density at radius 3 is 2.54 bits per heavy atom. The van der Waals surface area contributed by atoms with Crippen molar-refractivity contribution >= 4 is 23.5 Å². The van der Waals surface area contributed by atoms with Crippen LogP contribution in [0, 0.1) is 0 Å². The molecule has 0 radical (unpaired) electrons. The summed E-state index contributed by atoms with van der Waals surface area (Å²) in [6, 6.07) is 2.46. The summed E-state index contributed by atoms with van der Waals surface area (Å²) in [5.74, 6) is -0.0423. The number of alkyl halides is 3. The number of H-pyrrole nitrogens is 2. The number of nitrogens with zero attached hydrogens (tertiary/aromatic N) is 8. The van der Waals surface area contributed by atoms with Gasteiger partial charge in [-0.2, -0.15) is 32.8 Å². The minimum atomic E-state index is -4.50. The molecule has 1 saturated heterocycles. The van der Waals surface area contributed by atoms with Gasteiger partial charge in [0.1, 0.15) is 11.5 Å². The van der Waals surface area contributed by atoms with Gasteiger partial charge >= 0.3 is 11.9 Å². The van der Waals surface area contributed by atoms with Crippen LogP contribution < -0.4 is 26.3 Å². The lowest BCUT2D eigenvalue weighted by Gasteiger charge is -2.36. The van der Waals surface area contributed by atoms with Gasteiger partial charge in [0.15, 0.2) is 5.65 Å². The van der Waals surface area contributed by atoms with Crippen molar-refractivity contribution in [1.29, 1.82) is 0 Å². The Morgan fingerprint density at radius 1 is 1.11 bits per heavy atom. The second-order valence-electron chi connectivity index (χ2n) is 8.85. The summed E-state index contributed by atoms with van der Waals surface area (Å²) < 4.78 is 41.9. The molecule has 0 amide bonds. The fourth-order valence-electron chi connectivity index (χ4n) is 4.20. The molecule has 0 unspecified atom stereocenters. The van der Waals surface area contributed by atoms with E-state index in [1.54, 1.807) is 4.90 Å². The SMILES string of the molecule is O=c1[nH]c(O)c(C=c2cnn3c(=NC4CC4)nc(N4CCN(c5ncccc5C(F)(F)F)CC4)nc23)[nH]1. The van der Waals surface area contributed by atoms with Gasteiger partial charge in [-0.05, 0) is 31.1 Å². The van der Waals surface area contributed by atoms with Crippen molar-refractivity contribution in [2.75, 3.05) is 36.0 Å². The molecule has 3 N–H and O–H groups in total. The molecule has 12 nitrogen and oxygen atoms in total. The molecule has 37 heavy (non-hydrogen) atoms. The van der Waals surface area contributed by atoms with Crippen molar-refractivity contribution in [2.24, 2.45) is 4.99 Å². The summed E-state index contributed by atoms with van der Waals surface area (Å²) in [6.45, 7) is 1.32. The van der Waals surface area contributed by atoms with Crippen LogP contribution >= 0.6 is 0 Å². The number of hydrogen-bond donors (Lipinski definition) is 3. The summed E-state index contributed by atoms with van der Waals surface area (Å²) in [5, 5.41) is 14.8. The first-order chi connectivity index (χ1) is 17.8. The third kappa shape index (κ3) is 4.47. The van der Waals surface area contributed by atoms with Crippen molar-refractivity contribution in [1.82, 2.24) is 34.5 Å². The molecule has 0 atom stereocenters. The number of pyridine rings is 1. The van der Waals surface area contributed by atoms with Gasteiger partial charge in [0, 0.05) is 37.6 Å². The van der Waals surface area contributed by atoms with Crippen molar-refractivity contribution in [3.63, 3.8) is 0 Å². The van der Waals surface area contributed by atoms with Crippen LogP contribution in [0.4, 0.5) is 24.9 Å². The van der Waals surface area contributed by atoms with Crippen molar-refractivity contribution in [3.8, 4) is 5.88 Å². The van der Waals surface area contributed by atoms with Gasteiger partial charge in [0.2, 0.25) is 11.8 Å². The predicted molar refractivity (Wildman–Crippen MR) is 125 cm³/mol. The number of piperazine rings is 1. The lowest BCUT2D eigenvalue weighted by molar-refractivity contribution is -0.137. The maximum Gasteiger partial charge on any atom is 0.419 e. The highest BCUT2D eigenvalue weighted by Crippen LogP contribution is 2.35. The minimum absolute atomic E-state index is 0.0941. The van der Waals surface area contributed by atoms with Crippen molar-refractivity contribution < 1.29 is 18.3 Å². The topological polar surface area (TPSA) is 144 Å². The normalized spacial score (nSPS) is 17.8. The van der Waals surface area contributed by atoms with E-state index < -0.39 is 17.4 Å². The van der Waals surface area contributed by atoms with E-state index in [9.17, 15) is 23.1 Å². The molecule has 4 aromatic rings. The zero-order valence-corrected chi connectivity index (χ0v) is 19.3. The molecule has 192 valence electrons. The van der Waals surface area contributed by atoms with E-state index in [-0.39, 0.29) is 23.4 Å². The van der Waals surface area contributed by atoms with E-state index in [1.165, 1.54) is 29.1 Å². The first kappa shape index (κ1) is 23.0. The summed E-state index contributed by atoms with van der Waals surface area (Å²) in [7, 11) is 0. The maximum absolute atomic E-state index is 13.5. The Kier molecular flexibility index (Phi) is 5.35. The first-order valence-corrected chi connectivity index (χ1v) is 11.6. The third-order valence-corrected chi connectivity index (χ3v) is 6.20. The van der Waals surface area contributed by atoms with E-state index in [0.29, 0.717) is 48.6 Å². The van der Waals surface area contributed by atoms with Gasteiger partial charge in [-0.1, -0.05) is 0 Å². The van der Waals surface area contributed by atoms with Crippen LogP contribution in [-0.2, 0) is 6.18 Å². The summed E-state index contributed by atoms with van der Waals surface area (Å²) in [6.07, 6.45) is 1.81. The van der Waals surface area contributed by atoms with E-state index in [1.807, 2.05) is 4.90 Å². The minimum Gasteiger partial charge on any atom is -0.493 e. The first-order valence-electron chi connectivity index (χ1n) is 11.6. The molecule has 1 saturated carbocycles. The van der Waals surface area contributed by atoms with Gasteiger partial charge in [-0.3, -0.25) is 4.98 Å². The molecule has 0 spiro atoms. The Labute approximate surface area is 205 Å². The van der Waals surface area contributed by atoms with Crippen molar-refractivity contribution in [2.45, 2.75) is 25.1 Å². The molecular weight excluding hydrogens is 493 g/mol. The highest BCUT2D eigenvalue weighted by Gasteiger charge is 2.36. The van der Waals surface area contributed by atoms with E-state index in [4.69, 9.17) is 0 Å². The lowest BCUT2D eigenvalue weighted by atomic mass is 10.2. The monoisotopic (exact) mass is 514 g/mol. The number of rotatable bonds is 4. The van der Waals surface area contributed by atoms with Crippen molar-refractivity contribution in [3.05, 3.63) is 57.1 Å². The molecule has 1 aliphatic heterocycles. The second kappa shape index (κ2) is 8.60. The molecule has 2 fully saturated rings. The molecule has 5 heterocycles. The molecule has 15 heteroatoms. The smallest absolute Gasteiger partial charge is 0.419 e. The van der Waals surface area contributed by atoms with E-state index >= 15 is 0 Å². The van der Waals surface area contributed by atoms with Crippen LogP contribution in [0.2, 0.25) is 0 Å². The summed E-state index contributed by atoms with van der Waals surface area (Å²) in [5.41, 5.74) is -0.375. The predicted octanol–water partition coefficient (Wildman–Crippen LogP) is 0.198. The highest BCUT2D eigenvalue weighted by atomic mass is 19.4. The number of fused-ring (bicyclic) bond motifs is 1. The fraction of sp³-hybridized carbons (Fsp3) is 0.364. The van der Waals surface area contributed by atoms with Crippen LogP contribution in [-0.4, -0.2) is 71.9 Å². The quantitative estimate of drug-likeness (QED) is 0.350. The van der Waals surface area contributed by atoms with Crippen LogP contribution in [0.3, 0.4) is 0 Å². The highest BCUT2D eigenvalue weighted by molar-refractivity contribution is 5.57. The summed E-state index contributed by atoms with van der Waals surface area (Å²) in [4.78, 5) is 37.7. The van der Waals surface area contributed by atoms with Gasteiger partial charge in [0.05, 0.1) is 17.8 Å².